The van der Waals surface area contributed by atoms with Crippen molar-refractivity contribution < 1.29 is 19.1 Å². The summed E-state index contributed by atoms with van der Waals surface area (Å²) in [6.45, 7) is 0. The first kappa shape index (κ1) is 20.3. The second-order valence-corrected chi connectivity index (χ2v) is 7.38. The third-order valence-corrected chi connectivity index (χ3v) is 5.16. The Balaban J connectivity index is 1.40. The van der Waals surface area contributed by atoms with Gasteiger partial charge in [0.05, 0.1) is 16.9 Å². The quantitative estimate of drug-likeness (QED) is 0.339. The summed E-state index contributed by atoms with van der Waals surface area (Å²) in [5.41, 5.74) is 2.64. The zero-order valence-corrected chi connectivity index (χ0v) is 17.5. The number of nitrogens with zero attached hydrogens (tertiary/aromatic N) is 1. The molecule has 0 fully saturated rings. The van der Waals surface area contributed by atoms with Crippen LogP contribution in [0.15, 0.2) is 115 Å². The maximum absolute atomic E-state index is 13.2. The van der Waals surface area contributed by atoms with Crippen molar-refractivity contribution in [2.45, 2.75) is 0 Å². The highest BCUT2D eigenvalue weighted by Gasteiger charge is 2.28. The Morgan fingerprint density at radius 1 is 0.758 bits per heavy atom. The van der Waals surface area contributed by atoms with E-state index >= 15 is 0 Å². The van der Waals surface area contributed by atoms with Gasteiger partial charge in [0, 0.05) is 6.07 Å². The zero-order chi connectivity index (χ0) is 22.6. The lowest BCUT2D eigenvalue weighted by Crippen LogP contribution is -2.29. The van der Waals surface area contributed by atoms with Gasteiger partial charge in [-0.2, -0.15) is 0 Å². The van der Waals surface area contributed by atoms with Crippen LogP contribution in [0, 0.1) is 0 Å². The van der Waals surface area contributed by atoms with Crippen LogP contribution >= 0.6 is 0 Å². The predicted molar refractivity (Wildman–Crippen MR) is 127 cm³/mol. The van der Waals surface area contributed by atoms with E-state index in [-0.39, 0.29) is 17.3 Å². The van der Waals surface area contributed by atoms with Crippen LogP contribution in [-0.4, -0.2) is 11.9 Å². The number of hydrogen-bond acceptors (Lipinski definition) is 4. The van der Waals surface area contributed by atoms with Gasteiger partial charge >= 0.3 is 6.09 Å². The largest absolute Gasteiger partial charge is 0.452 e. The van der Waals surface area contributed by atoms with E-state index in [4.69, 9.17) is 9.47 Å². The highest BCUT2D eigenvalue weighted by atomic mass is 16.6. The fourth-order valence-electron chi connectivity index (χ4n) is 3.59. The number of rotatable bonds is 4. The first-order valence-electron chi connectivity index (χ1n) is 10.4. The molecular weight excluding hydrogens is 414 g/mol. The Hall–Kier alpha value is -4.64. The van der Waals surface area contributed by atoms with E-state index < -0.39 is 6.09 Å². The van der Waals surface area contributed by atoms with Gasteiger partial charge in [0.25, 0.3) is 0 Å². The second kappa shape index (κ2) is 8.85. The smallest absolute Gasteiger partial charge is 0.424 e. The number of ketones is 1. The Kier molecular flexibility index (Phi) is 5.43. The standard InChI is InChI=1S/C28H19NO4/c30-27-24-17-16-23(19-25(24)33-26(27)18-20-10-4-1-5-11-20)32-28(31)29(21-12-6-2-7-13-21)22-14-8-3-9-15-22/h1-19H/b26-18-. The fraction of sp³-hybridized carbons (Fsp3) is 0. The summed E-state index contributed by atoms with van der Waals surface area (Å²) < 4.78 is 11.5. The molecule has 0 N–H and O–H groups in total. The molecule has 0 bridgehead atoms. The average molecular weight is 433 g/mol. The van der Waals surface area contributed by atoms with E-state index in [1.54, 1.807) is 24.3 Å². The van der Waals surface area contributed by atoms with E-state index in [1.807, 2.05) is 91.0 Å². The van der Waals surface area contributed by atoms with Crippen molar-refractivity contribution in [1.82, 2.24) is 0 Å². The van der Waals surface area contributed by atoms with Crippen LogP contribution in [0.3, 0.4) is 0 Å². The summed E-state index contributed by atoms with van der Waals surface area (Å²) in [7, 11) is 0. The highest BCUT2D eigenvalue weighted by molar-refractivity contribution is 6.14. The van der Waals surface area contributed by atoms with Crippen LogP contribution in [0.1, 0.15) is 15.9 Å². The number of anilines is 2. The zero-order valence-electron chi connectivity index (χ0n) is 17.5. The number of ether oxygens (including phenoxy) is 2. The van der Waals surface area contributed by atoms with Gasteiger partial charge in [0.15, 0.2) is 5.76 Å². The van der Waals surface area contributed by atoms with Crippen LogP contribution in [0.5, 0.6) is 11.5 Å². The number of hydrogen-bond donors (Lipinski definition) is 0. The molecule has 160 valence electrons. The van der Waals surface area contributed by atoms with Crippen LogP contribution in [0.2, 0.25) is 0 Å². The fourth-order valence-corrected chi connectivity index (χ4v) is 3.59. The Morgan fingerprint density at radius 3 is 1.94 bits per heavy atom. The van der Waals surface area contributed by atoms with Crippen LogP contribution < -0.4 is 14.4 Å². The third kappa shape index (κ3) is 4.25. The Labute approximate surface area is 191 Å². The van der Waals surface area contributed by atoms with Gasteiger partial charge in [-0.05, 0) is 48.0 Å². The first-order chi connectivity index (χ1) is 16.2. The van der Waals surface area contributed by atoms with Gasteiger partial charge in [-0.3, -0.25) is 4.79 Å². The first-order valence-corrected chi connectivity index (χ1v) is 10.4. The van der Waals surface area contributed by atoms with Gasteiger partial charge in [0.2, 0.25) is 5.78 Å². The maximum atomic E-state index is 13.2. The van der Waals surface area contributed by atoms with Crippen molar-refractivity contribution in [3.05, 3.63) is 126 Å². The molecule has 0 radical (unpaired) electrons. The lowest BCUT2D eigenvalue weighted by molar-refractivity contribution is 0.101. The molecule has 33 heavy (non-hydrogen) atoms. The minimum absolute atomic E-state index is 0.207. The summed E-state index contributed by atoms with van der Waals surface area (Å²) in [4.78, 5) is 27.4. The van der Waals surface area contributed by atoms with Gasteiger partial charge in [0.1, 0.15) is 11.5 Å². The summed E-state index contributed by atoms with van der Waals surface area (Å²) in [6.07, 6.45) is 1.12. The predicted octanol–water partition coefficient (Wildman–Crippen LogP) is 6.64. The Morgan fingerprint density at radius 2 is 1.33 bits per heavy atom. The molecule has 0 saturated heterocycles. The molecular formula is C28H19NO4. The van der Waals surface area contributed by atoms with Crippen LogP contribution in [0.4, 0.5) is 16.2 Å². The lowest BCUT2D eigenvalue weighted by atomic mass is 10.1. The number of carbonyl (C=O) groups excluding carboxylic acids is 2. The molecule has 0 atom stereocenters. The number of carbonyl (C=O) groups is 2. The van der Waals surface area contributed by atoms with Crippen molar-refractivity contribution in [2.24, 2.45) is 0 Å². The molecule has 0 aliphatic carbocycles. The minimum Gasteiger partial charge on any atom is -0.452 e. The summed E-state index contributed by atoms with van der Waals surface area (Å²) >= 11 is 0. The summed E-state index contributed by atoms with van der Waals surface area (Å²) in [5, 5.41) is 0. The minimum atomic E-state index is -0.572. The van der Waals surface area contributed by atoms with E-state index in [1.165, 1.54) is 4.90 Å². The average Bonchev–Trinajstić information content (AvgIpc) is 3.15. The number of fused-ring (bicyclic) bond motifs is 1. The molecule has 0 spiro atoms. The number of benzene rings is 4. The number of amides is 1. The third-order valence-electron chi connectivity index (χ3n) is 5.16. The topological polar surface area (TPSA) is 55.8 Å². The molecule has 4 aromatic carbocycles. The molecule has 4 aromatic rings. The van der Waals surface area contributed by atoms with Gasteiger partial charge in [-0.25, -0.2) is 9.69 Å². The van der Waals surface area contributed by atoms with E-state index in [0.29, 0.717) is 22.7 Å². The normalized spacial score (nSPS) is 13.3. The molecule has 0 aromatic heterocycles. The van der Waals surface area contributed by atoms with Crippen LogP contribution in [0.25, 0.3) is 6.08 Å². The summed E-state index contributed by atoms with van der Waals surface area (Å²) in [5.74, 6) is 0.666. The molecule has 1 aliphatic rings. The molecule has 5 rings (SSSR count). The van der Waals surface area contributed by atoms with Gasteiger partial charge < -0.3 is 9.47 Å². The summed E-state index contributed by atoms with van der Waals surface area (Å²) in [6, 6.07) is 32.8. The lowest BCUT2D eigenvalue weighted by Gasteiger charge is -2.22. The van der Waals surface area contributed by atoms with Crippen molar-refractivity contribution in [3.8, 4) is 11.5 Å². The van der Waals surface area contributed by atoms with Crippen LogP contribution in [-0.2, 0) is 0 Å². The van der Waals surface area contributed by atoms with Gasteiger partial charge in [-0.15, -0.1) is 0 Å². The molecule has 0 saturated carbocycles. The SMILES string of the molecule is O=C1/C(=C/c2ccccc2)Oc2cc(OC(=O)N(c3ccccc3)c3ccccc3)ccc21. The van der Waals surface area contributed by atoms with Crippen molar-refractivity contribution >= 4 is 29.3 Å². The number of para-hydroxylation sites is 2. The van der Waals surface area contributed by atoms with Crippen molar-refractivity contribution in [3.63, 3.8) is 0 Å². The van der Waals surface area contributed by atoms with E-state index in [0.717, 1.165) is 5.56 Å². The van der Waals surface area contributed by atoms with E-state index in [2.05, 4.69) is 0 Å². The second-order valence-electron chi connectivity index (χ2n) is 7.38. The molecule has 1 amide bonds. The maximum Gasteiger partial charge on any atom is 0.424 e. The number of Topliss-reactive ketones (excluding diaryl/α,β-unsaturated/α-hetero) is 1. The Bertz CT molecular complexity index is 1290. The van der Waals surface area contributed by atoms with E-state index in [9.17, 15) is 9.59 Å². The monoisotopic (exact) mass is 433 g/mol. The molecule has 1 aliphatic heterocycles. The van der Waals surface area contributed by atoms with Crippen molar-refractivity contribution in [1.29, 1.82) is 0 Å². The molecule has 5 nitrogen and oxygen atoms in total. The van der Waals surface area contributed by atoms with Gasteiger partial charge in [-0.1, -0.05) is 66.7 Å². The number of allylic oxidation sites excluding steroid dienone is 1. The van der Waals surface area contributed by atoms with Crippen molar-refractivity contribution in [2.75, 3.05) is 4.90 Å². The highest BCUT2D eigenvalue weighted by Crippen LogP contribution is 2.35. The molecule has 5 heteroatoms. The molecule has 0 unspecified atom stereocenters. The molecule has 1 heterocycles.